The van der Waals surface area contributed by atoms with Gasteiger partial charge in [-0.2, -0.15) is 0 Å². The molecule has 2 heterocycles. The van der Waals surface area contributed by atoms with E-state index >= 15 is 0 Å². The van der Waals surface area contributed by atoms with Crippen LogP contribution in [0.15, 0.2) is 28.7 Å². The molecule has 2 aromatic rings. The fourth-order valence-electron chi connectivity index (χ4n) is 3.26. The van der Waals surface area contributed by atoms with E-state index in [1.54, 1.807) is 0 Å². The van der Waals surface area contributed by atoms with Gasteiger partial charge in [-0.25, -0.2) is 4.98 Å². The lowest BCUT2D eigenvalue weighted by Crippen LogP contribution is -2.36. The minimum absolute atomic E-state index is 0.204. The summed E-state index contributed by atoms with van der Waals surface area (Å²) in [6.45, 7) is 8.60. The van der Waals surface area contributed by atoms with Gasteiger partial charge in [-0.3, -0.25) is 9.69 Å². The van der Waals surface area contributed by atoms with Gasteiger partial charge in [0.25, 0.3) is 0 Å². The number of hydrogen-bond donors (Lipinski definition) is 1. The second-order valence-electron chi connectivity index (χ2n) is 7.19. The second-order valence-corrected chi connectivity index (χ2v) is 7.19. The van der Waals surface area contributed by atoms with Crippen molar-refractivity contribution in [1.82, 2.24) is 9.88 Å². The fourth-order valence-corrected chi connectivity index (χ4v) is 3.26. The second kappa shape index (κ2) is 7.40. The van der Waals surface area contributed by atoms with E-state index in [1.807, 2.05) is 6.92 Å². The number of hydrogen-bond acceptors (Lipinski definition) is 4. The van der Waals surface area contributed by atoms with Crippen LogP contribution in [0.4, 0.5) is 0 Å². The van der Waals surface area contributed by atoms with Crippen LogP contribution < -0.4 is 0 Å². The van der Waals surface area contributed by atoms with Crippen LogP contribution in [-0.4, -0.2) is 34.0 Å². The van der Waals surface area contributed by atoms with Gasteiger partial charge in [0.1, 0.15) is 5.76 Å². The number of carboxylic acids is 1. The maximum Gasteiger partial charge on any atom is 0.306 e. The van der Waals surface area contributed by atoms with Gasteiger partial charge in [-0.05, 0) is 56.5 Å². The summed E-state index contributed by atoms with van der Waals surface area (Å²) >= 11 is 0. The van der Waals surface area contributed by atoms with Gasteiger partial charge in [0.15, 0.2) is 0 Å². The molecule has 5 heteroatoms. The Morgan fingerprint density at radius 1 is 1.28 bits per heavy atom. The number of aromatic nitrogens is 1. The SMILES string of the molecule is Cc1oc(-c2ccc(C(C)C)cc2)nc1CN1CCC(C(=O)O)CC1. The quantitative estimate of drug-likeness (QED) is 0.887. The zero-order chi connectivity index (χ0) is 18.0. The predicted octanol–water partition coefficient (Wildman–Crippen LogP) is 4.07. The van der Waals surface area contributed by atoms with Crippen molar-refractivity contribution in [2.75, 3.05) is 13.1 Å². The zero-order valence-corrected chi connectivity index (χ0v) is 15.2. The molecule has 0 spiro atoms. The molecule has 3 rings (SSSR count). The normalized spacial score (nSPS) is 16.5. The fraction of sp³-hybridized carbons (Fsp3) is 0.500. The van der Waals surface area contributed by atoms with Gasteiger partial charge in [0.05, 0.1) is 11.6 Å². The number of oxazole rings is 1. The van der Waals surface area contributed by atoms with Crippen LogP contribution in [-0.2, 0) is 11.3 Å². The average Bonchev–Trinajstić information content (AvgIpc) is 2.96. The largest absolute Gasteiger partial charge is 0.481 e. The summed E-state index contributed by atoms with van der Waals surface area (Å²) in [5, 5.41) is 9.10. The third kappa shape index (κ3) is 4.10. The van der Waals surface area contributed by atoms with Gasteiger partial charge in [-0.15, -0.1) is 0 Å². The molecular weight excluding hydrogens is 316 g/mol. The molecule has 1 aliphatic rings. The summed E-state index contributed by atoms with van der Waals surface area (Å²) in [7, 11) is 0. The van der Waals surface area contributed by atoms with Gasteiger partial charge >= 0.3 is 5.97 Å². The third-order valence-electron chi connectivity index (χ3n) is 5.03. The molecule has 0 saturated carbocycles. The van der Waals surface area contributed by atoms with E-state index in [0.29, 0.717) is 31.2 Å². The first-order chi connectivity index (χ1) is 11.9. The molecule has 5 nitrogen and oxygen atoms in total. The molecule has 0 atom stereocenters. The number of piperidine rings is 1. The monoisotopic (exact) mass is 342 g/mol. The molecule has 134 valence electrons. The van der Waals surface area contributed by atoms with E-state index in [4.69, 9.17) is 9.52 Å². The number of aryl methyl sites for hydroxylation is 1. The molecule has 0 bridgehead atoms. The van der Waals surface area contributed by atoms with Crippen molar-refractivity contribution in [1.29, 1.82) is 0 Å². The van der Waals surface area contributed by atoms with Crippen molar-refractivity contribution in [3.8, 4) is 11.5 Å². The lowest BCUT2D eigenvalue weighted by Gasteiger charge is -2.29. The van der Waals surface area contributed by atoms with Crippen LogP contribution in [0.3, 0.4) is 0 Å². The van der Waals surface area contributed by atoms with Crippen molar-refractivity contribution in [3.05, 3.63) is 41.3 Å². The highest BCUT2D eigenvalue weighted by atomic mass is 16.4. The van der Waals surface area contributed by atoms with Crippen molar-refractivity contribution in [2.45, 2.75) is 46.1 Å². The van der Waals surface area contributed by atoms with Crippen LogP contribution in [0.25, 0.3) is 11.5 Å². The van der Waals surface area contributed by atoms with E-state index < -0.39 is 5.97 Å². The summed E-state index contributed by atoms with van der Waals surface area (Å²) in [5.41, 5.74) is 3.23. The minimum atomic E-state index is -0.676. The maximum absolute atomic E-state index is 11.1. The molecule has 0 unspecified atom stereocenters. The first-order valence-electron chi connectivity index (χ1n) is 8.96. The number of nitrogens with zero attached hydrogens (tertiary/aromatic N) is 2. The lowest BCUT2D eigenvalue weighted by molar-refractivity contribution is -0.143. The summed E-state index contributed by atoms with van der Waals surface area (Å²) in [5.74, 6) is 1.12. The average molecular weight is 342 g/mol. The Labute approximate surface area is 148 Å². The number of aliphatic carboxylic acids is 1. The van der Waals surface area contributed by atoms with E-state index in [-0.39, 0.29) is 5.92 Å². The van der Waals surface area contributed by atoms with Crippen LogP contribution >= 0.6 is 0 Å². The van der Waals surface area contributed by atoms with Crippen LogP contribution in [0.2, 0.25) is 0 Å². The predicted molar refractivity (Wildman–Crippen MR) is 96.4 cm³/mol. The van der Waals surface area contributed by atoms with E-state index in [0.717, 1.165) is 30.1 Å². The Bertz CT molecular complexity index is 726. The summed E-state index contributed by atoms with van der Waals surface area (Å²) in [6.07, 6.45) is 1.41. The Balaban J connectivity index is 1.67. The van der Waals surface area contributed by atoms with Gasteiger partial charge in [-0.1, -0.05) is 26.0 Å². The smallest absolute Gasteiger partial charge is 0.306 e. The topological polar surface area (TPSA) is 66.6 Å². The van der Waals surface area contributed by atoms with Crippen LogP contribution in [0.1, 0.15) is 49.6 Å². The first kappa shape index (κ1) is 17.7. The number of carboxylic acid groups (broad SMARTS) is 1. The van der Waals surface area contributed by atoms with Gasteiger partial charge < -0.3 is 9.52 Å². The number of likely N-dealkylation sites (tertiary alicyclic amines) is 1. The molecule has 1 saturated heterocycles. The van der Waals surface area contributed by atoms with Crippen LogP contribution in [0.5, 0.6) is 0 Å². The van der Waals surface area contributed by atoms with E-state index in [2.05, 4.69) is 48.0 Å². The molecule has 0 radical (unpaired) electrons. The maximum atomic E-state index is 11.1. The van der Waals surface area contributed by atoms with Gasteiger partial charge in [0.2, 0.25) is 5.89 Å². The highest BCUT2D eigenvalue weighted by Crippen LogP contribution is 2.26. The van der Waals surface area contributed by atoms with Crippen molar-refractivity contribution < 1.29 is 14.3 Å². The molecular formula is C20H26N2O3. The Hall–Kier alpha value is -2.14. The van der Waals surface area contributed by atoms with E-state index in [9.17, 15) is 4.79 Å². The van der Waals surface area contributed by atoms with Crippen molar-refractivity contribution >= 4 is 5.97 Å². The molecule has 0 aliphatic carbocycles. The Morgan fingerprint density at radius 2 is 1.92 bits per heavy atom. The van der Waals surface area contributed by atoms with Crippen LogP contribution in [0, 0.1) is 12.8 Å². The Kier molecular flexibility index (Phi) is 5.23. The summed E-state index contributed by atoms with van der Waals surface area (Å²) in [6, 6.07) is 8.36. The molecule has 25 heavy (non-hydrogen) atoms. The lowest BCUT2D eigenvalue weighted by atomic mass is 9.97. The molecule has 1 fully saturated rings. The summed E-state index contributed by atoms with van der Waals surface area (Å²) in [4.78, 5) is 18.0. The number of carbonyl (C=O) groups is 1. The minimum Gasteiger partial charge on any atom is -0.481 e. The van der Waals surface area contributed by atoms with E-state index in [1.165, 1.54) is 5.56 Å². The Morgan fingerprint density at radius 3 is 2.48 bits per heavy atom. The molecule has 1 N–H and O–H groups in total. The highest BCUT2D eigenvalue weighted by molar-refractivity contribution is 5.70. The number of benzene rings is 1. The van der Waals surface area contributed by atoms with Crippen molar-refractivity contribution in [3.63, 3.8) is 0 Å². The molecule has 0 amide bonds. The highest BCUT2D eigenvalue weighted by Gasteiger charge is 2.25. The molecule has 1 aliphatic heterocycles. The molecule has 1 aromatic carbocycles. The zero-order valence-electron chi connectivity index (χ0n) is 15.2. The summed E-state index contributed by atoms with van der Waals surface area (Å²) < 4.78 is 5.87. The number of rotatable bonds is 5. The van der Waals surface area contributed by atoms with Gasteiger partial charge in [0, 0.05) is 12.1 Å². The standard InChI is InChI=1S/C20H26N2O3/c1-13(2)15-4-6-16(7-5-15)19-21-18(14(3)25-19)12-22-10-8-17(9-11-22)20(23)24/h4-7,13,17H,8-12H2,1-3H3,(H,23,24). The molecule has 1 aromatic heterocycles. The first-order valence-corrected chi connectivity index (χ1v) is 8.96. The van der Waals surface area contributed by atoms with Crippen molar-refractivity contribution in [2.24, 2.45) is 5.92 Å². The third-order valence-corrected chi connectivity index (χ3v) is 5.03.